The van der Waals surface area contributed by atoms with Gasteiger partial charge in [-0.2, -0.15) is 13.2 Å². The van der Waals surface area contributed by atoms with Crippen LogP contribution in [-0.2, 0) is 17.8 Å². The Morgan fingerprint density at radius 2 is 1.93 bits per heavy atom. The summed E-state index contributed by atoms with van der Waals surface area (Å²) in [6, 6.07) is 7.64. The number of halogens is 4. The van der Waals surface area contributed by atoms with E-state index in [0.29, 0.717) is 35.9 Å². The first-order valence-electron chi connectivity index (χ1n) is 9.74. The Hall–Kier alpha value is -2.25. The van der Waals surface area contributed by atoms with Gasteiger partial charge in [-0.15, -0.1) is 0 Å². The fraction of sp³-hybridized carbons (Fsp3) is 0.409. The third kappa shape index (κ3) is 5.08. The number of carbonyl (C=O) groups is 1. The van der Waals surface area contributed by atoms with Gasteiger partial charge in [0.2, 0.25) is 0 Å². The largest absolute Gasteiger partial charge is 0.481 e. The number of hydrogen-bond acceptors (Lipinski definition) is 3. The van der Waals surface area contributed by atoms with Crippen molar-refractivity contribution in [2.75, 3.05) is 18.4 Å². The number of carboxylic acids is 1. The molecule has 1 aliphatic heterocycles. The van der Waals surface area contributed by atoms with E-state index < -0.39 is 18.2 Å². The van der Waals surface area contributed by atoms with Gasteiger partial charge in [0.25, 0.3) is 0 Å². The molecule has 1 atom stereocenters. The van der Waals surface area contributed by atoms with E-state index in [2.05, 4.69) is 5.32 Å². The second-order valence-corrected chi connectivity index (χ2v) is 8.10. The van der Waals surface area contributed by atoms with Crippen LogP contribution in [0.1, 0.15) is 35.2 Å². The first-order chi connectivity index (χ1) is 14.1. The number of alkyl halides is 3. The van der Waals surface area contributed by atoms with E-state index >= 15 is 0 Å². The number of anilines is 1. The Balaban J connectivity index is 1.83. The molecule has 2 aromatic carbocycles. The van der Waals surface area contributed by atoms with E-state index in [9.17, 15) is 18.0 Å². The Morgan fingerprint density at radius 1 is 1.23 bits per heavy atom. The normalized spacial score (nSPS) is 16.2. The average Bonchev–Trinajstić information content (AvgIpc) is 2.63. The summed E-state index contributed by atoms with van der Waals surface area (Å²) < 4.78 is 41.4. The van der Waals surface area contributed by atoms with Gasteiger partial charge < -0.3 is 10.4 Å². The summed E-state index contributed by atoms with van der Waals surface area (Å²) in [4.78, 5) is 13.0. The first-order valence-corrected chi connectivity index (χ1v) is 10.1. The number of hydrogen-bond donors (Lipinski definition) is 2. The van der Waals surface area contributed by atoms with Gasteiger partial charge in [-0.25, -0.2) is 0 Å². The van der Waals surface area contributed by atoms with Crippen molar-refractivity contribution in [2.45, 2.75) is 39.0 Å². The monoisotopic (exact) mass is 440 g/mol. The molecule has 0 spiro atoms. The molecule has 2 aromatic rings. The molecule has 0 saturated carbocycles. The lowest BCUT2D eigenvalue weighted by molar-refractivity contribution is -0.147. The molecule has 162 valence electrons. The average molecular weight is 441 g/mol. The molecule has 1 fully saturated rings. The molecule has 30 heavy (non-hydrogen) atoms. The van der Waals surface area contributed by atoms with Crippen molar-refractivity contribution < 1.29 is 23.1 Å². The number of rotatable bonds is 7. The highest BCUT2D eigenvalue weighted by atomic mass is 35.5. The maximum absolute atomic E-state index is 13.8. The maximum atomic E-state index is 13.8. The summed E-state index contributed by atoms with van der Waals surface area (Å²) in [5.41, 5.74) is 2.98. The number of aryl methyl sites for hydroxylation is 2. The minimum atomic E-state index is -4.49. The molecule has 0 aliphatic carbocycles. The third-order valence-electron chi connectivity index (χ3n) is 5.44. The predicted octanol–water partition coefficient (Wildman–Crippen LogP) is 5.44. The maximum Gasteiger partial charge on any atom is 0.412 e. The van der Waals surface area contributed by atoms with Gasteiger partial charge in [-0.1, -0.05) is 36.7 Å². The summed E-state index contributed by atoms with van der Waals surface area (Å²) in [6.45, 7) is 5.07. The summed E-state index contributed by atoms with van der Waals surface area (Å²) in [6.07, 6.45) is -3.75. The molecule has 1 saturated heterocycles. The number of nitrogens with zero attached hydrogens (tertiary/aromatic N) is 1. The van der Waals surface area contributed by atoms with Crippen molar-refractivity contribution in [1.29, 1.82) is 0 Å². The van der Waals surface area contributed by atoms with Crippen LogP contribution in [0.15, 0.2) is 36.4 Å². The molecule has 1 aliphatic rings. The Labute approximate surface area is 178 Å². The Morgan fingerprint density at radius 3 is 2.50 bits per heavy atom. The van der Waals surface area contributed by atoms with Crippen LogP contribution >= 0.6 is 11.6 Å². The molecule has 3 rings (SSSR count). The van der Waals surface area contributed by atoms with Crippen LogP contribution in [0, 0.1) is 12.8 Å². The van der Waals surface area contributed by atoms with Crippen LogP contribution < -0.4 is 5.32 Å². The van der Waals surface area contributed by atoms with Crippen LogP contribution in [0.3, 0.4) is 0 Å². The van der Waals surface area contributed by atoms with Gasteiger partial charge in [0, 0.05) is 30.3 Å². The van der Waals surface area contributed by atoms with Crippen LogP contribution in [0.25, 0.3) is 0 Å². The van der Waals surface area contributed by atoms with Crippen LogP contribution in [0.5, 0.6) is 0 Å². The lowest BCUT2D eigenvalue weighted by atomic mass is 9.97. The van der Waals surface area contributed by atoms with Crippen molar-refractivity contribution in [1.82, 2.24) is 4.90 Å². The fourth-order valence-corrected chi connectivity index (χ4v) is 3.79. The summed E-state index contributed by atoms with van der Waals surface area (Å²) in [5, 5.41) is 12.1. The molecule has 8 heteroatoms. The third-order valence-corrected chi connectivity index (χ3v) is 5.87. The van der Waals surface area contributed by atoms with Gasteiger partial charge in [-0.05, 0) is 53.8 Å². The van der Waals surface area contributed by atoms with E-state index in [1.807, 2.05) is 17.9 Å². The van der Waals surface area contributed by atoms with Crippen LogP contribution in [0.2, 0.25) is 5.02 Å². The topological polar surface area (TPSA) is 52.6 Å². The number of likely N-dealkylation sites (tertiary alicyclic amines) is 1. The number of benzene rings is 2. The van der Waals surface area contributed by atoms with E-state index in [1.165, 1.54) is 18.2 Å². The second-order valence-electron chi connectivity index (χ2n) is 7.69. The zero-order valence-electron chi connectivity index (χ0n) is 16.8. The predicted molar refractivity (Wildman–Crippen MR) is 111 cm³/mol. The van der Waals surface area contributed by atoms with E-state index in [1.54, 1.807) is 19.1 Å². The molecule has 1 heterocycles. The first kappa shape index (κ1) is 22.4. The molecule has 4 nitrogen and oxygen atoms in total. The van der Waals surface area contributed by atoms with Gasteiger partial charge in [0.15, 0.2) is 0 Å². The van der Waals surface area contributed by atoms with Crippen LogP contribution in [0.4, 0.5) is 18.9 Å². The van der Waals surface area contributed by atoms with Crippen molar-refractivity contribution in [3.8, 4) is 0 Å². The summed E-state index contributed by atoms with van der Waals surface area (Å²) in [5.74, 6) is -1.19. The summed E-state index contributed by atoms with van der Waals surface area (Å²) in [7, 11) is 0. The van der Waals surface area contributed by atoms with Crippen molar-refractivity contribution >= 4 is 23.3 Å². The van der Waals surface area contributed by atoms with Crippen molar-refractivity contribution in [3.63, 3.8) is 0 Å². The second kappa shape index (κ2) is 8.86. The van der Waals surface area contributed by atoms with Gasteiger partial charge >= 0.3 is 12.1 Å². The highest BCUT2D eigenvalue weighted by molar-refractivity contribution is 6.31. The molecule has 0 bridgehead atoms. The minimum Gasteiger partial charge on any atom is -0.481 e. The highest BCUT2D eigenvalue weighted by Gasteiger charge is 2.41. The Kier molecular flexibility index (Phi) is 6.62. The lowest BCUT2D eigenvalue weighted by Gasteiger charge is -2.37. The Bertz CT molecular complexity index is 927. The van der Waals surface area contributed by atoms with Crippen LogP contribution in [-0.4, -0.2) is 35.2 Å². The zero-order valence-corrected chi connectivity index (χ0v) is 17.5. The number of carboxylic acid groups (broad SMARTS) is 1. The molecular weight excluding hydrogens is 417 g/mol. The van der Waals surface area contributed by atoms with E-state index in [0.717, 1.165) is 17.5 Å². The SMILES string of the molecule is CCc1ccc(N[C@@H](c2ccc(Cl)c(C)c2)C(F)(F)F)cc1CN1CC(C(=O)O)C1. The number of nitrogens with one attached hydrogen (secondary N) is 1. The van der Waals surface area contributed by atoms with Gasteiger partial charge in [0.1, 0.15) is 6.04 Å². The smallest absolute Gasteiger partial charge is 0.412 e. The molecule has 0 aromatic heterocycles. The molecular formula is C22H24ClF3N2O2. The number of aliphatic carboxylic acids is 1. The van der Waals surface area contributed by atoms with E-state index in [-0.39, 0.29) is 11.5 Å². The molecule has 0 unspecified atom stereocenters. The molecule has 0 amide bonds. The quantitative estimate of drug-likeness (QED) is 0.601. The minimum absolute atomic E-state index is 0.0950. The van der Waals surface area contributed by atoms with Crippen molar-refractivity contribution in [3.05, 3.63) is 63.7 Å². The van der Waals surface area contributed by atoms with Crippen molar-refractivity contribution in [2.24, 2.45) is 5.92 Å². The lowest BCUT2D eigenvalue weighted by Crippen LogP contribution is -2.49. The van der Waals surface area contributed by atoms with Gasteiger partial charge in [0.05, 0.1) is 5.92 Å². The molecule has 0 radical (unpaired) electrons. The standard InChI is InChI=1S/C22H24ClF3N2O2/c1-3-14-4-6-18(9-16(14)10-28-11-17(12-28)21(29)30)27-20(22(24,25)26)15-5-7-19(23)13(2)8-15/h4-9,17,20,27H,3,10-12H2,1-2H3,(H,29,30)/t20-/m0/s1. The summed E-state index contributed by atoms with van der Waals surface area (Å²) >= 11 is 5.97. The molecule has 2 N–H and O–H groups in total. The fourth-order valence-electron chi connectivity index (χ4n) is 3.67. The van der Waals surface area contributed by atoms with Gasteiger partial charge in [-0.3, -0.25) is 9.69 Å². The van der Waals surface area contributed by atoms with E-state index in [4.69, 9.17) is 16.7 Å². The highest BCUT2D eigenvalue weighted by Crippen LogP contribution is 2.37. The zero-order chi connectivity index (χ0) is 22.1.